The summed E-state index contributed by atoms with van der Waals surface area (Å²) in [6.07, 6.45) is 7.81. The molecule has 1 heterocycles. The molecule has 2 fully saturated rings. The summed E-state index contributed by atoms with van der Waals surface area (Å²) in [5.74, 6) is 0.847. The second kappa shape index (κ2) is 6.79. The number of hydrogen-bond donors (Lipinski definition) is 1. The second-order valence-corrected chi connectivity index (χ2v) is 7.32. The Hall–Kier alpha value is -0.770. The van der Waals surface area contributed by atoms with Gasteiger partial charge in [0.15, 0.2) is 0 Å². The Morgan fingerprint density at radius 1 is 1.20 bits per heavy atom. The number of amides is 1. The van der Waals surface area contributed by atoms with Gasteiger partial charge in [0.25, 0.3) is 0 Å². The summed E-state index contributed by atoms with van der Waals surface area (Å²) in [4.78, 5) is 13.8. The minimum atomic E-state index is -0.398. The molecule has 1 aliphatic heterocycles. The summed E-state index contributed by atoms with van der Waals surface area (Å²) in [7, 11) is 0. The predicted molar refractivity (Wildman–Crippen MR) is 80.8 cm³/mol. The van der Waals surface area contributed by atoms with Crippen LogP contribution in [0.1, 0.15) is 59.3 Å². The average Bonchev–Trinajstić information content (AvgIpc) is 2.84. The fraction of sp³-hybridized carbons (Fsp3) is 0.938. The minimum absolute atomic E-state index is 0.167. The molecule has 0 bridgehead atoms. The van der Waals surface area contributed by atoms with Gasteiger partial charge in [-0.25, -0.2) is 4.79 Å². The first-order valence-electron chi connectivity index (χ1n) is 8.15. The quantitative estimate of drug-likeness (QED) is 0.864. The maximum absolute atomic E-state index is 12.0. The van der Waals surface area contributed by atoms with Gasteiger partial charge in [0.2, 0.25) is 0 Å². The number of likely N-dealkylation sites (tertiary alicyclic amines) is 1. The Balaban J connectivity index is 1.68. The zero-order valence-electron chi connectivity index (χ0n) is 13.3. The van der Waals surface area contributed by atoms with Crippen LogP contribution < -0.4 is 5.32 Å². The SMILES string of the molecule is CC(C)(C)OC(=O)N1CC[C@H](NCC2CCCCC2)C1. The summed E-state index contributed by atoms with van der Waals surface area (Å²) in [5, 5.41) is 3.65. The van der Waals surface area contributed by atoms with Crippen LogP contribution in [0, 0.1) is 5.92 Å². The molecule has 20 heavy (non-hydrogen) atoms. The van der Waals surface area contributed by atoms with E-state index < -0.39 is 5.60 Å². The van der Waals surface area contributed by atoms with E-state index in [-0.39, 0.29) is 6.09 Å². The number of carbonyl (C=O) groups excluding carboxylic acids is 1. The van der Waals surface area contributed by atoms with Crippen molar-refractivity contribution in [3.63, 3.8) is 0 Å². The van der Waals surface area contributed by atoms with Crippen molar-refractivity contribution in [3.8, 4) is 0 Å². The zero-order chi connectivity index (χ0) is 14.6. The Morgan fingerprint density at radius 2 is 1.90 bits per heavy atom. The molecule has 1 N–H and O–H groups in total. The molecule has 0 aromatic carbocycles. The molecule has 1 saturated heterocycles. The van der Waals surface area contributed by atoms with Gasteiger partial charge >= 0.3 is 6.09 Å². The van der Waals surface area contributed by atoms with Gasteiger partial charge in [-0.2, -0.15) is 0 Å². The largest absolute Gasteiger partial charge is 0.444 e. The summed E-state index contributed by atoms with van der Waals surface area (Å²) in [5.41, 5.74) is -0.398. The summed E-state index contributed by atoms with van der Waals surface area (Å²) in [6, 6.07) is 0.449. The van der Waals surface area contributed by atoms with E-state index in [2.05, 4.69) is 5.32 Å². The molecule has 1 amide bonds. The van der Waals surface area contributed by atoms with E-state index in [4.69, 9.17) is 4.74 Å². The highest BCUT2D eigenvalue weighted by Gasteiger charge is 2.29. The lowest BCUT2D eigenvalue weighted by Gasteiger charge is -2.25. The van der Waals surface area contributed by atoms with Crippen LogP contribution in [0.5, 0.6) is 0 Å². The van der Waals surface area contributed by atoms with E-state index >= 15 is 0 Å². The first-order chi connectivity index (χ1) is 9.44. The third-order valence-electron chi connectivity index (χ3n) is 4.26. The molecule has 0 aromatic rings. The Labute approximate surface area is 123 Å². The average molecular weight is 282 g/mol. The summed E-state index contributed by atoms with van der Waals surface area (Å²) >= 11 is 0. The Kier molecular flexibility index (Phi) is 5.30. The molecule has 1 saturated carbocycles. The van der Waals surface area contributed by atoms with Gasteiger partial charge in [0.1, 0.15) is 5.60 Å². The second-order valence-electron chi connectivity index (χ2n) is 7.32. The number of hydrogen-bond acceptors (Lipinski definition) is 3. The van der Waals surface area contributed by atoms with Crippen molar-refractivity contribution in [2.75, 3.05) is 19.6 Å². The number of rotatable bonds is 3. The fourth-order valence-corrected chi connectivity index (χ4v) is 3.14. The molecule has 4 heteroatoms. The lowest BCUT2D eigenvalue weighted by molar-refractivity contribution is 0.0291. The van der Waals surface area contributed by atoms with Gasteiger partial charge in [-0.1, -0.05) is 19.3 Å². The molecule has 0 spiro atoms. The highest BCUT2D eigenvalue weighted by molar-refractivity contribution is 5.68. The number of carbonyl (C=O) groups is 1. The van der Waals surface area contributed by atoms with Gasteiger partial charge in [0.05, 0.1) is 0 Å². The van der Waals surface area contributed by atoms with E-state index in [1.54, 1.807) is 0 Å². The van der Waals surface area contributed by atoms with Crippen LogP contribution in [0.4, 0.5) is 4.79 Å². The normalized spacial score (nSPS) is 24.9. The first kappa shape index (κ1) is 15.6. The first-order valence-corrected chi connectivity index (χ1v) is 8.15. The lowest BCUT2D eigenvalue weighted by atomic mass is 9.89. The van der Waals surface area contributed by atoms with E-state index in [9.17, 15) is 4.79 Å². The van der Waals surface area contributed by atoms with Crippen LogP contribution in [0.2, 0.25) is 0 Å². The highest BCUT2D eigenvalue weighted by atomic mass is 16.6. The van der Waals surface area contributed by atoms with Gasteiger partial charge in [-0.15, -0.1) is 0 Å². The standard InChI is InChI=1S/C16H30N2O2/c1-16(2,3)20-15(19)18-10-9-14(12-18)17-11-13-7-5-4-6-8-13/h13-14,17H,4-12H2,1-3H3/t14-/m0/s1. The van der Waals surface area contributed by atoms with Gasteiger partial charge < -0.3 is 15.0 Å². The van der Waals surface area contributed by atoms with E-state index in [0.29, 0.717) is 6.04 Å². The molecule has 2 aliphatic rings. The molecule has 0 aromatic heterocycles. The van der Waals surface area contributed by atoms with Gasteiger partial charge in [-0.05, 0) is 52.5 Å². The van der Waals surface area contributed by atoms with Crippen molar-refractivity contribution in [2.24, 2.45) is 5.92 Å². The van der Waals surface area contributed by atoms with Crippen molar-refractivity contribution in [1.29, 1.82) is 0 Å². The lowest BCUT2D eigenvalue weighted by Crippen LogP contribution is -2.39. The monoisotopic (exact) mass is 282 g/mol. The molecular formula is C16H30N2O2. The van der Waals surface area contributed by atoms with Crippen LogP contribution in [0.3, 0.4) is 0 Å². The van der Waals surface area contributed by atoms with Gasteiger partial charge in [0, 0.05) is 19.1 Å². The van der Waals surface area contributed by atoms with Crippen molar-refractivity contribution in [3.05, 3.63) is 0 Å². The third-order valence-corrected chi connectivity index (χ3v) is 4.26. The molecule has 4 nitrogen and oxygen atoms in total. The molecule has 0 radical (unpaired) electrons. The topological polar surface area (TPSA) is 41.6 Å². The maximum Gasteiger partial charge on any atom is 0.410 e. The van der Waals surface area contributed by atoms with E-state index in [0.717, 1.165) is 32.0 Å². The molecule has 1 atom stereocenters. The maximum atomic E-state index is 12.0. The van der Waals surface area contributed by atoms with Crippen LogP contribution in [-0.4, -0.2) is 42.3 Å². The zero-order valence-corrected chi connectivity index (χ0v) is 13.3. The molecule has 2 rings (SSSR count). The van der Waals surface area contributed by atoms with Crippen LogP contribution in [-0.2, 0) is 4.74 Å². The predicted octanol–water partition coefficient (Wildman–Crippen LogP) is 3.17. The minimum Gasteiger partial charge on any atom is -0.444 e. The molecule has 0 unspecified atom stereocenters. The van der Waals surface area contributed by atoms with Crippen molar-refractivity contribution < 1.29 is 9.53 Å². The summed E-state index contributed by atoms with van der Waals surface area (Å²) < 4.78 is 5.42. The third kappa shape index (κ3) is 4.97. The smallest absolute Gasteiger partial charge is 0.410 e. The fourth-order valence-electron chi connectivity index (χ4n) is 3.14. The number of nitrogens with zero attached hydrogens (tertiary/aromatic N) is 1. The van der Waals surface area contributed by atoms with Crippen molar-refractivity contribution >= 4 is 6.09 Å². The molecule has 1 aliphatic carbocycles. The molecule has 116 valence electrons. The molecular weight excluding hydrogens is 252 g/mol. The van der Waals surface area contributed by atoms with Crippen molar-refractivity contribution in [1.82, 2.24) is 10.2 Å². The van der Waals surface area contributed by atoms with Crippen LogP contribution in [0.25, 0.3) is 0 Å². The number of ether oxygens (including phenoxy) is 1. The highest BCUT2D eigenvalue weighted by Crippen LogP contribution is 2.23. The Bertz CT molecular complexity index is 319. The van der Waals surface area contributed by atoms with Crippen LogP contribution in [0.15, 0.2) is 0 Å². The van der Waals surface area contributed by atoms with Crippen LogP contribution >= 0.6 is 0 Å². The van der Waals surface area contributed by atoms with E-state index in [1.165, 1.54) is 32.1 Å². The van der Waals surface area contributed by atoms with Gasteiger partial charge in [-0.3, -0.25) is 0 Å². The number of nitrogens with one attached hydrogen (secondary N) is 1. The van der Waals surface area contributed by atoms with E-state index in [1.807, 2.05) is 25.7 Å². The summed E-state index contributed by atoms with van der Waals surface area (Å²) in [6.45, 7) is 8.48. The van der Waals surface area contributed by atoms with Crippen molar-refractivity contribution in [2.45, 2.75) is 70.9 Å². The Morgan fingerprint density at radius 3 is 2.55 bits per heavy atom.